The molecule has 3 aromatic rings. The fourth-order valence-corrected chi connectivity index (χ4v) is 3.95. The quantitative estimate of drug-likeness (QED) is 0.0657. The molecule has 0 fully saturated rings. The Morgan fingerprint density at radius 3 is 2.26 bits per heavy atom. The lowest BCUT2D eigenvalue weighted by Gasteiger charge is -2.13. The number of nitrogens with zero attached hydrogens (tertiary/aromatic N) is 2. The van der Waals surface area contributed by atoms with Gasteiger partial charge in [0.05, 0.1) is 41.1 Å². The topological polar surface area (TPSA) is 150 Å². The molecule has 0 bridgehead atoms. The van der Waals surface area contributed by atoms with Crippen LogP contribution in [0.2, 0.25) is 0 Å². The number of carbonyl (C=O) groups is 2. The van der Waals surface area contributed by atoms with Crippen LogP contribution in [0.5, 0.6) is 23.0 Å². The van der Waals surface area contributed by atoms with Crippen LogP contribution in [0, 0.1) is 25.0 Å². The van der Waals surface area contributed by atoms with Crippen LogP contribution < -0.4 is 24.3 Å². The number of hydrogen-bond acceptors (Lipinski definition) is 9. The van der Waals surface area contributed by atoms with E-state index in [4.69, 9.17) is 18.9 Å². The normalized spacial score (nSPS) is 10.7. The zero-order valence-electron chi connectivity index (χ0n) is 20.3. The summed E-state index contributed by atoms with van der Waals surface area (Å²) in [6, 6.07) is 15.0. The van der Waals surface area contributed by atoms with Crippen molar-refractivity contribution in [1.29, 1.82) is 5.26 Å². The van der Waals surface area contributed by atoms with Crippen LogP contribution >= 0.6 is 22.6 Å². The number of anilines is 1. The lowest BCUT2D eigenvalue weighted by atomic mass is 10.1. The molecule has 0 aromatic heterocycles. The summed E-state index contributed by atoms with van der Waals surface area (Å²) in [4.78, 5) is 35.9. The monoisotopic (exact) mass is 629 g/mol. The highest BCUT2D eigenvalue weighted by atomic mass is 127. The number of nitrogens with one attached hydrogen (secondary N) is 1. The number of benzene rings is 3. The van der Waals surface area contributed by atoms with Crippen molar-refractivity contribution in [3.63, 3.8) is 0 Å². The van der Waals surface area contributed by atoms with Gasteiger partial charge < -0.3 is 24.3 Å². The van der Waals surface area contributed by atoms with Gasteiger partial charge in [0.15, 0.2) is 11.5 Å². The fourth-order valence-electron chi connectivity index (χ4n) is 3.21. The fraction of sp³-hybridized carbons (Fsp3) is 0.115. The number of halogens is 1. The molecule has 0 atom stereocenters. The van der Waals surface area contributed by atoms with E-state index in [0.717, 1.165) is 6.07 Å². The highest BCUT2D eigenvalue weighted by Crippen LogP contribution is 2.35. The van der Waals surface area contributed by atoms with E-state index in [-0.39, 0.29) is 34.2 Å². The van der Waals surface area contributed by atoms with Gasteiger partial charge in [-0.2, -0.15) is 5.26 Å². The predicted molar refractivity (Wildman–Crippen MR) is 146 cm³/mol. The molecule has 0 saturated carbocycles. The maximum absolute atomic E-state index is 12.8. The number of hydrogen-bond donors (Lipinski definition) is 1. The molecule has 11 nitrogen and oxygen atoms in total. The summed E-state index contributed by atoms with van der Waals surface area (Å²) in [6.07, 6.45) is 1.30. The first kappa shape index (κ1) is 27.9. The molecule has 1 amide bonds. The third-order valence-corrected chi connectivity index (χ3v) is 5.89. The summed E-state index contributed by atoms with van der Waals surface area (Å²) in [5, 5.41) is 23.2. The summed E-state index contributed by atoms with van der Waals surface area (Å²) < 4.78 is 21.6. The van der Waals surface area contributed by atoms with Gasteiger partial charge >= 0.3 is 5.97 Å². The van der Waals surface area contributed by atoms with Gasteiger partial charge in [-0.05, 0) is 76.7 Å². The molecule has 3 aromatic carbocycles. The molecular weight excluding hydrogens is 609 g/mol. The molecule has 0 spiro atoms. The second-order valence-electron chi connectivity index (χ2n) is 7.42. The SMILES string of the molecule is COc1ccc(C(=O)Oc2c(I)cc(/C=C(\C#N)C(=O)Nc3cc([N+](=O)[O-])ccc3OC)cc2OC)cc1. The van der Waals surface area contributed by atoms with E-state index >= 15 is 0 Å². The van der Waals surface area contributed by atoms with Gasteiger partial charge in [0, 0.05) is 12.1 Å². The van der Waals surface area contributed by atoms with Crippen LogP contribution in [0.1, 0.15) is 15.9 Å². The number of methoxy groups -OCH3 is 3. The average molecular weight is 629 g/mol. The van der Waals surface area contributed by atoms with E-state index in [2.05, 4.69) is 5.32 Å². The van der Waals surface area contributed by atoms with Crippen LogP contribution in [0.4, 0.5) is 11.4 Å². The molecule has 12 heteroatoms. The zero-order valence-corrected chi connectivity index (χ0v) is 22.5. The molecule has 0 heterocycles. The Labute approximate surface area is 230 Å². The van der Waals surface area contributed by atoms with Crippen molar-refractivity contribution in [3.8, 4) is 29.1 Å². The minimum Gasteiger partial charge on any atom is -0.497 e. The number of esters is 1. The van der Waals surface area contributed by atoms with Crippen LogP contribution in [0.3, 0.4) is 0 Å². The van der Waals surface area contributed by atoms with Gasteiger partial charge in [-0.25, -0.2) is 4.79 Å². The van der Waals surface area contributed by atoms with Crippen molar-refractivity contribution in [2.75, 3.05) is 26.6 Å². The molecule has 0 saturated heterocycles. The Balaban J connectivity index is 1.88. The first-order valence-corrected chi connectivity index (χ1v) is 11.8. The molecule has 0 unspecified atom stereocenters. The average Bonchev–Trinajstić information content (AvgIpc) is 2.92. The number of non-ortho nitro benzene ring substituents is 1. The second kappa shape index (κ2) is 12.5. The summed E-state index contributed by atoms with van der Waals surface area (Å²) in [5.41, 5.74) is 0.184. The smallest absolute Gasteiger partial charge is 0.343 e. The molecule has 1 N–H and O–H groups in total. The third kappa shape index (κ3) is 6.56. The van der Waals surface area contributed by atoms with E-state index in [1.54, 1.807) is 30.3 Å². The van der Waals surface area contributed by atoms with Gasteiger partial charge in [-0.3, -0.25) is 14.9 Å². The summed E-state index contributed by atoms with van der Waals surface area (Å²) in [7, 11) is 4.24. The standard InChI is InChI=1S/C26H20IN3O8/c1-35-19-7-4-16(5-8-19)26(32)38-24-20(27)11-15(12-23(24)37-3)10-17(14-28)25(31)29-21-13-18(30(33)34)6-9-22(21)36-2/h4-13H,1-3H3,(H,29,31)/b17-10+. The Kier molecular flexibility index (Phi) is 9.23. The largest absolute Gasteiger partial charge is 0.497 e. The zero-order chi connectivity index (χ0) is 27.8. The van der Waals surface area contributed by atoms with Gasteiger partial charge in [-0.1, -0.05) is 0 Å². The third-order valence-electron chi connectivity index (χ3n) is 5.09. The van der Waals surface area contributed by atoms with Crippen LogP contribution in [-0.2, 0) is 4.79 Å². The number of nitro groups is 1. The summed E-state index contributed by atoms with van der Waals surface area (Å²) in [5.74, 6) is -0.296. The van der Waals surface area contributed by atoms with Crippen LogP contribution in [-0.4, -0.2) is 38.1 Å². The molecule has 0 radical (unpaired) electrons. The van der Waals surface area contributed by atoms with Crippen LogP contribution in [0.25, 0.3) is 6.08 Å². The lowest BCUT2D eigenvalue weighted by Crippen LogP contribution is -2.14. The molecule has 0 aliphatic carbocycles. The molecule has 194 valence electrons. The summed E-state index contributed by atoms with van der Waals surface area (Å²) in [6.45, 7) is 0. The highest BCUT2D eigenvalue weighted by molar-refractivity contribution is 14.1. The number of nitriles is 1. The maximum Gasteiger partial charge on any atom is 0.343 e. The van der Waals surface area contributed by atoms with Crippen molar-refractivity contribution in [2.24, 2.45) is 0 Å². The van der Waals surface area contributed by atoms with E-state index < -0.39 is 16.8 Å². The molecule has 0 aliphatic rings. The molecule has 0 aliphatic heterocycles. The van der Waals surface area contributed by atoms with Gasteiger partial charge in [0.1, 0.15) is 23.1 Å². The van der Waals surface area contributed by atoms with Gasteiger partial charge in [0.25, 0.3) is 11.6 Å². The predicted octanol–water partition coefficient (Wildman–Crippen LogP) is 4.99. The van der Waals surface area contributed by atoms with E-state index in [9.17, 15) is 25.0 Å². The van der Waals surface area contributed by atoms with Crippen molar-refractivity contribution in [3.05, 3.63) is 85.0 Å². The minimum atomic E-state index is -0.810. The second-order valence-corrected chi connectivity index (χ2v) is 8.58. The number of carbonyl (C=O) groups excluding carboxylic acids is 2. The van der Waals surface area contributed by atoms with Crippen molar-refractivity contribution in [1.82, 2.24) is 0 Å². The first-order chi connectivity index (χ1) is 18.2. The Morgan fingerprint density at radius 2 is 1.68 bits per heavy atom. The van der Waals surface area contributed by atoms with Crippen LogP contribution in [0.15, 0.2) is 60.2 Å². The van der Waals surface area contributed by atoms with Gasteiger partial charge in [0.2, 0.25) is 0 Å². The number of nitro benzene ring substituents is 1. The number of amides is 1. The first-order valence-electron chi connectivity index (χ1n) is 10.7. The Bertz CT molecular complexity index is 1460. The summed E-state index contributed by atoms with van der Waals surface area (Å²) >= 11 is 1.94. The minimum absolute atomic E-state index is 0.0285. The van der Waals surface area contributed by atoms with Crippen molar-refractivity contribution < 1.29 is 33.5 Å². The highest BCUT2D eigenvalue weighted by Gasteiger charge is 2.19. The van der Waals surface area contributed by atoms with Crippen molar-refractivity contribution >= 4 is 51.9 Å². The molecule has 3 rings (SSSR count). The molecule has 38 heavy (non-hydrogen) atoms. The van der Waals surface area contributed by atoms with Crippen molar-refractivity contribution in [2.45, 2.75) is 0 Å². The van der Waals surface area contributed by atoms with Gasteiger partial charge in [-0.15, -0.1) is 0 Å². The number of rotatable bonds is 9. The van der Waals surface area contributed by atoms with E-state index in [1.165, 1.54) is 45.6 Å². The number of ether oxygens (including phenoxy) is 4. The van der Waals surface area contributed by atoms with E-state index in [1.807, 2.05) is 28.7 Å². The Morgan fingerprint density at radius 1 is 1.00 bits per heavy atom. The Hall–Kier alpha value is -4.64. The molecular formula is C26H20IN3O8. The maximum atomic E-state index is 12.8. The van der Waals surface area contributed by atoms with E-state index in [0.29, 0.717) is 20.4 Å². The lowest BCUT2D eigenvalue weighted by molar-refractivity contribution is -0.384.